The van der Waals surface area contributed by atoms with Gasteiger partial charge in [0.2, 0.25) is 0 Å². The molecule has 0 saturated carbocycles. The molecular formula is C27H32N4O4. The molecule has 4 rings (SSSR count). The van der Waals surface area contributed by atoms with E-state index in [1.54, 1.807) is 19.5 Å². The van der Waals surface area contributed by atoms with Crippen LogP contribution in [0, 0.1) is 30.6 Å². The zero-order chi connectivity index (χ0) is 24.8. The molecule has 2 aromatic heterocycles. The second kappa shape index (κ2) is 11.3. The van der Waals surface area contributed by atoms with Crippen molar-refractivity contribution in [1.29, 1.82) is 0 Å². The molecule has 184 valence electrons. The number of aliphatic hydroxyl groups is 1. The lowest BCUT2D eigenvalue weighted by Gasteiger charge is -2.37. The van der Waals surface area contributed by atoms with Gasteiger partial charge in [0.05, 0.1) is 37.0 Å². The number of carboxylic acid groups (broad SMARTS) is 1. The van der Waals surface area contributed by atoms with Gasteiger partial charge in [-0.1, -0.05) is 11.8 Å². The summed E-state index contributed by atoms with van der Waals surface area (Å²) in [6, 6.07) is 7.50. The Balaban J connectivity index is 1.39. The highest BCUT2D eigenvalue weighted by molar-refractivity contribution is 5.83. The van der Waals surface area contributed by atoms with E-state index in [1.807, 2.05) is 31.2 Å². The Morgan fingerprint density at radius 1 is 1.34 bits per heavy atom. The van der Waals surface area contributed by atoms with Crippen molar-refractivity contribution < 1.29 is 19.7 Å². The van der Waals surface area contributed by atoms with Crippen LogP contribution in [0.1, 0.15) is 48.6 Å². The van der Waals surface area contributed by atoms with E-state index in [0.717, 1.165) is 52.9 Å². The number of carboxylic acids is 1. The molecule has 1 fully saturated rings. The Labute approximate surface area is 205 Å². The van der Waals surface area contributed by atoms with E-state index in [9.17, 15) is 15.0 Å². The van der Waals surface area contributed by atoms with Gasteiger partial charge >= 0.3 is 5.97 Å². The monoisotopic (exact) mass is 476 g/mol. The molecule has 3 aromatic rings. The number of aromatic nitrogens is 3. The number of piperidine rings is 1. The Bertz CT molecular complexity index is 1230. The predicted molar refractivity (Wildman–Crippen MR) is 133 cm³/mol. The maximum absolute atomic E-state index is 11.6. The number of aliphatic carboxylic acids is 1. The molecule has 8 nitrogen and oxygen atoms in total. The molecular weight excluding hydrogens is 444 g/mol. The van der Waals surface area contributed by atoms with Gasteiger partial charge in [-0.3, -0.25) is 19.8 Å². The first kappa shape index (κ1) is 24.7. The summed E-state index contributed by atoms with van der Waals surface area (Å²) >= 11 is 0. The van der Waals surface area contributed by atoms with Crippen molar-refractivity contribution in [3.05, 3.63) is 53.5 Å². The molecule has 0 bridgehead atoms. The third-order valence-electron chi connectivity index (χ3n) is 6.92. The van der Waals surface area contributed by atoms with Crippen LogP contribution in [-0.4, -0.2) is 63.0 Å². The van der Waals surface area contributed by atoms with Gasteiger partial charge in [0.25, 0.3) is 0 Å². The Hall–Kier alpha value is -3.41. The number of likely N-dealkylation sites (tertiary alicyclic amines) is 1. The number of ether oxygens (including phenoxy) is 1. The third kappa shape index (κ3) is 6.18. The molecule has 1 aliphatic rings. The number of aryl methyl sites for hydroxylation is 1. The van der Waals surface area contributed by atoms with Gasteiger partial charge in [-0.25, -0.2) is 0 Å². The molecule has 0 amide bonds. The van der Waals surface area contributed by atoms with Crippen molar-refractivity contribution >= 4 is 16.9 Å². The smallest absolute Gasteiger partial charge is 0.303 e. The molecule has 1 saturated heterocycles. The van der Waals surface area contributed by atoms with Crippen molar-refractivity contribution in [1.82, 2.24) is 20.1 Å². The largest absolute Gasteiger partial charge is 0.497 e. The topological polar surface area (TPSA) is 112 Å². The zero-order valence-corrected chi connectivity index (χ0v) is 20.2. The number of fused-ring (bicyclic) bond motifs is 1. The minimum atomic E-state index is -0.783. The van der Waals surface area contributed by atoms with Gasteiger partial charge in [-0.05, 0) is 74.4 Å². The summed E-state index contributed by atoms with van der Waals surface area (Å²) in [7, 11) is 1.62. The highest BCUT2D eigenvalue weighted by Crippen LogP contribution is 2.34. The van der Waals surface area contributed by atoms with E-state index in [4.69, 9.17) is 4.74 Å². The van der Waals surface area contributed by atoms with E-state index in [2.05, 4.69) is 31.9 Å². The van der Waals surface area contributed by atoms with Gasteiger partial charge < -0.3 is 14.9 Å². The number of hydrogen-bond acceptors (Lipinski definition) is 6. The number of benzene rings is 1. The number of nitrogens with one attached hydrogen (secondary N) is 1. The van der Waals surface area contributed by atoms with Crippen LogP contribution in [0.2, 0.25) is 0 Å². The lowest BCUT2D eigenvalue weighted by atomic mass is 9.79. The van der Waals surface area contributed by atoms with E-state index >= 15 is 0 Å². The van der Waals surface area contributed by atoms with Crippen molar-refractivity contribution in [2.75, 3.05) is 26.7 Å². The lowest BCUT2D eigenvalue weighted by Crippen LogP contribution is -2.41. The molecule has 3 atom stereocenters. The molecule has 0 radical (unpaired) electrons. The summed E-state index contributed by atoms with van der Waals surface area (Å²) in [6.07, 6.45) is 5.13. The van der Waals surface area contributed by atoms with Crippen LogP contribution in [0.5, 0.6) is 5.75 Å². The van der Waals surface area contributed by atoms with Crippen molar-refractivity contribution in [3.63, 3.8) is 0 Å². The van der Waals surface area contributed by atoms with Gasteiger partial charge in [0.1, 0.15) is 5.75 Å². The predicted octanol–water partition coefficient (Wildman–Crippen LogP) is 3.55. The van der Waals surface area contributed by atoms with Crippen molar-refractivity contribution in [3.8, 4) is 17.6 Å². The minimum absolute atomic E-state index is 0.0280. The van der Waals surface area contributed by atoms with Crippen LogP contribution in [-0.2, 0) is 4.79 Å². The number of pyridine rings is 1. The number of rotatable bonds is 8. The van der Waals surface area contributed by atoms with Crippen LogP contribution in [0.25, 0.3) is 10.9 Å². The highest BCUT2D eigenvalue weighted by Gasteiger charge is 2.31. The number of methoxy groups -OCH3 is 1. The summed E-state index contributed by atoms with van der Waals surface area (Å²) in [5.41, 5.74) is 3.47. The first-order valence-electron chi connectivity index (χ1n) is 12.0. The van der Waals surface area contributed by atoms with E-state index in [0.29, 0.717) is 19.5 Å². The maximum atomic E-state index is 11.6. The van der Waals surface area contributed by atoms with Crippen LogP contribution in [0.3, 0.4) is 0 Å². The van der Waals surface area contributed by atoms with Gasteiger partial charge in [-0.2, -0.15) is 5.10 Å². The zero-order valence-electron chi connectivity index (χ0n) is 20.2. The summed E-state index contributed by atoms with van der Waals surface area (Å²) in [5, 5.41) is 28.3. The first-order valence-corrected chi connectivity index (χ1v) is 12.0. The fraction of sp³-hybridized carbons (Fsp3) is 0.444. The average Bonchev–Trinajstić information content (AvgIpc) is 3.26. The molecule has 8 heteroatoms. The molecule has 0 spiro atoms. The fourth-order valence-electron chi connectivity index (χ4n) is 4.95. The van der Waals surface area contributed by atoms with E-state index < -0.39 is 12.1 Å². The van der Waals surface area contributed by atoms with E-state index in [1.165, 1.54) is 0 Å². The number of aromatic amines is 1. The number of aliphatic hydroxyl groups excluding tert-OH is 1. The molecule has 1 aromatic carbocycles. The fourth-order valence-corrected chi connectivity index (χ4v) is 4.95. The molecule has 0 aliphatic carbocycles. The molecule has 1 aliphatic heterocycles. The first-order chi connectivity index (χ1) is 16.9. The van der Waals surface area contributed by atoms with Crippen molar-refractivity contribution in [2.24, 2.45) is 11.8 Å². The van der Waals surface area contributed by atoms with Crippen LogP contribution in [0.15, 0.2) is 36.7 Å². The molecule has 35 heavy (non-hydrogen) atoms. The second-order valence-corrected chi connectivity index (χ2v) is 9.23. The molecule has 1 unspecified atom stereocenters. The number of hydrogen-bond donors (Lipinski definition) is 3. The number of carbonyl (C=O) groups is 1. The quantitative estimate of drug-likeness (QED) is 0.426. The summed E-state index contributed by atoms with van der Waals surface area (Å²) in [5.74, 6) is 6.54. The molecule has 3 heterocycles. The van der Waals surface area contributed by atoms with Gasteiger partial charge in [-0.15, -0.1) is 0 Å². The van der Waals surface area contributed by atoms with Gasteiger partial charge in [0, 0.05) is 30.2 Å². The Kier molecular flexibility index (Phi) is 8.01. The summed E-state index contributed by atoms with van der Waals surface area (Å²) in [6.45, 7) is 4.10. The van der Waals surface area contributed by atoms with Crippen LogP contribution < -0.4 is 4.74 Å². The summed E-state index contributed by atoms with van der Waals surface area (Å²) < 4.78 is 5.34. The van der Waals surface area contributed by atoms with Crippen molar-refractivity contribution in [2.45, 2.75) is 38.7 Å². The number of nitrogens with zero attached hydrogens (tertiary/aromatic N) is 3. The highest BCUT2D eigenvalue weighted by atomic mass is 16.5. The normalized spacial score (nSPS) is 19.2. The lowest BCUT2D eigenvalue weighted by molar-refractivity contribution is -0.139. The minimum Gasteiger partial charge on any atom is -0.497 e. The van der Waals surface area contributed by atoms with E-state index in [-0.39, 0.29) is 18.3 Å². The third-order valence-corrected chi connectivity index (χ3v) is 6.92. The molecule has 3 N–H and O–H groups in total. The SMILES string of the molecule is COc1ccc2nccc(C(O)CC[C@@H]3CCN(CC#Cc4cn[nH]c4C)C[C@@H]3CC(=O)O)c2c1. The Morgan fingerprint density at radius 2 is 2.20 bits per heavy atom. The summed E-state index contributed by atoms with van der Waals surface area (Å²) in [4.78, 5) is 18.2. The average molecular weight is 477 g/mol. The Morgan fingerprint density at radius 3 is 2.94 bits per heavy atom. The number of H-pyrrole nitrogens is 1. The maximum Gasteiger partial charge on any atom is 0.303 e. The van der Waals surface area contributed by atoms with Crippen LogP contribution >= 0.6 is 0 Å². The van der Waals surface area contributed by atoms with Crippen LogP contribution in [0.4, 0.5) is 0 Å². The van der Waals surface area contributed by atoms with Gasteiger partial charge in [0.15, 0.2) is 0 Å². The second-order valence-electron chi connectivity index (χ2n) is 9.23. The standard InChI is InChI=1S/C27H32N4O4/c1-18-20(16-29-30-18)4-3-12-31-13-10-19(21(17-31)14-27(33)34)5-8-26(32)23-9-11-28-25-7-6-22(35-2)15-24(23)25/h6-7,9,11,15-16,19,21,26,32H,5,8,10,12-14,17H2,1-2H3,(H,29,30)(H,33,34)/t19-,21+,26?/m1/s1.